The number of benzene rings is 2. The third-order valence-electron chi connectivity index (χ3n) is 3.37. The number of rotatable bonds is 6. The zero-order chi connectivity index (χ0) is 14.5. The number of carboxylic acids is 1. The van der Waals surface area contributed by atoms with Crippen LogP contribution in [0, 0.1) is 5.92 Å². The van der Waals surface area contributed by atoms with Gasteiger partial charge in [-0.1, -0.05) is 32.4 Å². The van der Waals surface area contributed by atoms with Crippen molar-refractivity contribution in [1.29, 1.82) is 0 Å². The third kappa shape index (κ3) is 3.50. The van der Waals surface area contributed by atoms with Crippen molar-refractivity contribution in [2.75, 3.05) is 6.61 Å². The first-order valence-electron chi connectivity index (χ1n) is 7.00. The van der Waals surface area contributed by atoms with E-state index < -0.39 is 5.97 Å². The highest BCUT2D eigenvalue weighted by Crippen LogP contribution is 2.23. The molecule has 2 rings (SSSR count). The Morgan fingerprint density at radius 2 is 1.90 bits per heavy atom. The van der Waals surface area contributed by atoms with Gasteiger partial charge in [0, 0.05) is 0 Å². The standard InChI is InChI=1S/C17H20O3/c1-3-4-12(2)11-20-16-8-7-13-9-15(17(18)19)6-5-14(13)10-16/h5-10,12H,3-4,11H2,1-2H3,(H,18,19). The van der Waals surface area contributed by atoms with E-state index in [2.05, 4.69) is 13.8 Å². The number of hydrogen-bond acceptors (Lipinski definition) is 2. The van der Waals surface area contributed by atoms with Gasteiger partial charge in [-0.15, -0.1) is 0 Å². The molecular formula is C17H20O3. The predicted molar refractivity (Wildman–Crippen MR) is 80.5 cm³/mol. The molecule has 1 N–H and O–H groups in total. The molecule has 0 spiro atoms. The quantitative estimate of drug-likeness (QED) is 0.850. The maximum atomic E-state index is 10.9. The van der Waals surface area contributed by atoms with Crippen LogP contribution in [0.1, 0.15) is 37.0 Å². The molecule has 20 heavy (non-hydrogen) atoms. The van der Waals surface area contributed by atoms with E-state index in [1.807, 2.05) is 24.3 Å². The summed E-state index contributed by atoms with van der Waals surface area (Å²) in [6, 6.07) is 10.9. The van der Waals surface area contributed by atoms with E-state index in [4.69, 9.17) is 9.84 Å². The lowest BCUT2D eigenvalue weighted by Gasteiger charge is -2.12. The molecule has 0 heterocycles. The number of ether oxygens (including phenoxy) is 1. The Morgan fingerprint density at radius 3 is 2.60 bits per heavy atom. The van der Waals surface area contributed by atoms with Crippen LogP contribution in [-0.2, 0) is 0 Å². The first kappa shape index (κ1) is 14.4. The van der Waals surface area contributed by atoms with Gasteiger partial charge in [-0.25, -0.2) is 4.79 Å². The van der Waals surface area contributed by atoms with Crippen molar-refractivity contribution in [2.24, 2.45) is 5.92 Å². The normalized spacial score (nSPS) is 12.3. The van der Waals surface area contributed by atoms with Crippen LogP contribution >= 0.6 is 0 Å². The molecule has 106 valence electrons. The van der Waals surface area contributed by atoms with Crippen LogP contribution in [0.2, 0.25) is 0 Å². The summed E-state index contributed by atoms with van der Waals surface area (Å²) in [5.74, 6) is 0.481. The van der Waals surface area contributed by atoms with E-state index in [1.165, 1.54) is 6.42 Å². The van der Waals surface area contributed by atoms with Gasteiger partial charge < -0.3 is 9.84 Å². The number of carboxylic acid groups (broad SMARTS) is 1. The van der Waals surface area contributed by atoms with Gasteiger partial charge in [-0.2, -0.15) is 0 Å². The van der Waals surface area contributed by atoms with Gasteiger partial charge >= 0.3 is 5.97 Å². The van der Waals surface area contributed by atoms with E-state index in [0.29, 0.717) is 18.1 Å². The maximum absolute atomic E-state index is 10.9. The van der Waals surface area contributed by atoms with Crippen molar-refractivity contribution >= 4 is 16.7 Å². The molecule has 2 aromatic carbocycles. The fraction of sp³-hybridized carbons (Fsp3) is 0.353. The van der Waals surface area contributed by atoms with Crippen molar-refractivity contribution in [2.45, 2.75) is 26.7 Å². The van der Waals surface area contributed by atoms with Gasteiger partial charge in [0.2, 0.25) is 0 Å². The molecule has 0 aliphatic carbocycles. The molecule has 3 nitrogen and oxygen atoms in total. The van der Waals surface area contributed by atoms with Crippen molar-refractivity contribution in [3.05, 3.63) is 42.0 Å². The SMILES string of the molecule is CCCC(C)COc1ccc2cc(C(=O)O)ccc2c1. The molecule has 2 aromatic rings. The zero-order valence-corrected chi connectivity index (χ0v) is 11.9. The summed E-state index contributed by atoms with van der Waals surface area (Å²) < 4.78 is 5.79. The van der Waals surface area contributed by atoms with Crippen LogP contribution in [0.15, 0.2) is 36.4 Å². The number of aromatic carboxylic acids is 1. The number of fused-ring (bicyclic) bond motifs is 1. The summed E-state index contributed by atoms with van der Waals surface area (Å²) in [4.78, 5) is 10.9. The molecule has 0 bridgehead atoms. The average Bonchev–Trinajstić information content (AvgIpc) is 2.44. The first-order chi connectivity index (χ1) is 9.60. The first-order valence-corrected chi connectivity index (χ1v) is 7.00. The van der Waals surface area contributed by atoms with Gasteiger partial charge in [-0.3, -0.25) is 0 Å². The lowest BCUT2D eigenvalue weighted by Crippen LogP contribution is -2.08. The fourth-order valence-electron chi connectivity index (χ4n) is 2.26. The van der Waals surface area contributed by atoms with Crippen LogP contribution in [0.4, 0.5) is 0 Å². The second kappa shape index (κ2) is 6.42. The van der Waals surface area contributed by atoms with Crippen molar-refractivity contribution in [1.82, 2.24) is 0 Å². The minimum Gasteiger partial charge on any atom is -0.493 e. The number of carbonyl (C=O) groups is 1. The molecule has 0 amide bonds. The van der Waals surface area contributed by atoms with Gasteiger partial charge in [0.1, 0.15) is 5.75 Å². The van der Waals surface area contributed by atoms with Gasteiger partial charge in [-0.05, 0) is 47.4 Å². The van der Waals surface area contributed by atoms with Crippen LogP contribution in [0.5, 0.6) is 5.75 Å². The predicted octanol–water partition coefficient (Wildman–Crippen LogP) is 4.35. The summed E-state index contributed by atoms with van der Waals surface area (Å²) in [6.07, 6.45) is 2.33. The largest absolute Gasteiger partial charge is 0.493 e. The van der Waals surface area contributed by atoms with Crippen molar-refractivity contribution in [3.63, 3.8) is 0 Å². The summed E-state index contributed by atoms with van der Waals surface area (Å²) >= 11 is 0. The maximum Gasteiger partial charge on any atom is 0.335 e. The Balaban J connectivity index is 2.13. The monoisotopic (exact) mass is 272 g/mol. The van der Waals surface area contributed by atoms with Crippen LogP contribution in [0.25, 0.3) is 10.8 Å². The van der Waals surface area contributed by atoms with E-state index in [9.17, 15) is 4.79 Å². The highest BCUT2D eigenvalue weighted by Gasteiger charge is 2.06. The average molecular weight is 272 g/mol. The topological polar surface area (TPSA) is 46.5 Å². The lowest BCUT2D eigenvalue weighted by molar-refractivity contribution is 0.0697. The Hall–Kier alpha value is -2.03. The van der Waals surface area contributed by atoms with Crippen molar-refractivity contribution in [3.8, 4) is 5.75 Å². The summed E-state index contributed by atoms with van der Waals surface area (Å²) in [7, 11) is 0. The summed E-state index contributed by atoms with van der Waals surface area (Å²) in [5, 5.41) is 10.9. The van der Waals surface area contributed by atoms with Gasteiger partial charge in [0.05, 0.1) is 12.2 Å². The summed E-state index contributed by atoms with van der Waals surface area (Å²) in [5.41, 5.74) is 0.308. The molecule has 0 aliphatic rings. The molecular weight excluding hydrogens is 252 g/mol. The number of hydrogen-bond donors (Lipinski definition) is 1. The lowest BCUT2D eigenvalue weighted by atomic mass is 10.1. The Labute approximate surface area is 119 Å². The molecule has 0 saturated heterocycles. The van der Waals surface area contributed by atoms with E-state index in [1.54, 1.807) is 12.1 Å². The Morgan fingerprint density at radius 1 is 1.20 bits per heavy atom. The van der Waals surface area contributed by atoms with Crippen LogP contribution in [0.3, 0.4) is 0 Å². The van der Waals surface area contributed by atoms with Crippen molar-refractivity contribution < 1.29 is 14.6 Å². The second-order valence-corrected chi connectivity index (χ2v) is 5.23. The molecule has 0 aromatic heterocycles. The third-order valence-corrected chi connectivity index (χ3v) is 3.37. The highest BCUT2D eigenvalue weighted by molar-refractivity contribution is 5.94. The molecule has 0 aliphatic heterocycles. The zero-order valence-electron chi connectivity index (χ0n) is 11.9. The van der Waals surface area contributed by atoms with E-state index >= 15 is 0 Å². The highest BCUT2D eigenvalue weighted by atomic mass is 16.5. The molecule has 0 radical (unpaired) electrons. The smallest absolute Gasteiger partial charge is 0.335 e. The molecule has 1 atom stereocenters. The Bertz CT molecular complexity index is 604. The van der Waals surface area contributed by atoms with Gasteiger partial charge in [0.15, 0.2) is 0 Å². The molecule has 0 saturated carbocycles. The fourth-order valence-corrected chi connectivity index (χ4v) is 2.26. The summed E-state index contributed by atoms with van der Waals surface area (Å²) in [6.45, 7) is 5.07. The molecule has 0 fully saturated rings. The molecule has 3 heteroatoms. The van der Waals surface area contributed by atoms with Crippen LogP contribution < -0.4 is 4.74 Å². The van der Waals surface area contributed by atoms with Crippen LogP contribution in [-0.4, -0.2) is 17.7 Å². The Kier molecular flexibility index (Phi) is 4.61. The van der Waals surface area contributed by atoms with Gasteiger partial charge in [0.25, 0.3) is 0 Å². The molecule has 1 unspecified atom stereocenters. The second-order valence-electron chi connectivity index (χ2n) is 5.23. The van der Waals surface area contributed by atoms with E-state index in [-0.39, 0.29) is 0 Å². The minimum absolute atomic E-state index is 0.308. The van der Waals surface area contributed by atoms with E-state index in [0.717, 1.165) is 22.9 Å². The minimum atomic E-state index is -0.902.